The number of amides is 1. The van der Waals surface area contributed by atoms with E-state index in [0.717, 1.165) is 73.6 Å². The van der Waals surface area contributed by atoms with Gasteiger partial charge >= 0.3 is 0 Å². The lowest BCUT2D eigenvalue weighted by Gasteiger charge is -2.42. The summed E-state index contributed by atoms with van der Waals surface area (Å²) in [5, 5.41) is 11.7. The number of anilines is 1. The molecule has 1 N–H and O–H groups in total. The van der Waals surface area contributed by atoms with Crippen LogP contribution in [0.2, 0.25) is 5.02 Å². The largest absolute Gasteiger partial charge is 0.487 e. The maximum absolute atomic E-state index is 12.7. The summed E-state index contributed by atoms with van der Waals surface area (Å²) in [6.07, 6.45) is 10.9. The van der Waals surface area contributed by atoms with Gasteiger partial charge in [-0.25, -0.2) is 0 Å². The Labute approximate surface area is 226 Å². The maximum Gasteiger partial charge on any atom is 0.222 e. The average Bonchev–Trinajstić information content (AvgIpc) is 2.90. The first kappa shape index (κ1) is 26.1. The molecular formula is C31H39ClN2O3. The third-order valence-electron chi connectivity index (χ3n) is 8.43. The fraction of sp³-hybridized carbons (Fsp3) is 0.516. The number of hydrogen-bond acceptors (Lipinski definition) is 4. The van der Waals surface area contributed by atoms with Crippen molar-refractivity contribution >= 4 is 23.2 Å². The van der Waals surface area contributed by atoms with Crippen molar-refractivity contribution in [1.29, 1.82) is 0 Å². The van der Waals surface area contributed by atoms with Crippen molar-refractivity contribution in [2.45, 2.75) is 64.1 Å². The third kappa shape index (κ3) is 6.32. The van der Waals surface area contributed by atoms with E-state index in [0.29, 0.717) is 31.9 Å². The van der Waals surface area contributed by atoms with E-state index in [1.165, 1.54) is 11.1 Å². The second kappa shape index (κ2) is 11.9. The Morgan fingerprint density at radius 2 is 1.89 bits per heavy atom. The van der Waals surface area contributed by atoms with E-state index in [2.05, 4.69) is 35.2 Å². The number of carbonyl (C=O) groups excluding carboxylic acids is 1. The zero-order valence-corrected chi connectivity index (χ0v) is 22.6. The summed E-state index contributed by atoms with van der Waals surface area (Å²) in [5.41, 5.74) is 4.72. The Morgan fingerprint density at radius 1 is 1.00 bits per heavy atom. The average molecular weight is 523 g/mol. The smallest absolute Gasteiger partial charge is 0.222 e. The first-order chi connectivity index (χ1) is 18.0. The molecule has 5 rings (SSSR count). The molecule has 0 radical (unpaired) electrons. The van der Waals surface area contributed by atoms with Gasteiger partial charge in [0.25, 0.3) is 0 Å². The summed E-state index contributed by atoms with van der Waals surface area (Å²) in [4.78, 5) is 17.0. The predicted molar refractivity (Wildman–Crippen MR) is 149 cm³/mol. The van der Waals surface area contributed by atoms with Crippen LogP contribution in [0.15, 0.2) is 48.6 Å². The Hall–Kier alpha value is -2.50. The van der Waals surface area contributed by atoms with Crippen LogP contribution in [0.25, 0.3) is 0 Å². The molecule has 0 spiro atoms. The molecule has 37 heavy (non-hydrogen) atoms. The van der Waals surface area contributed by atoms with Crippen LogP contribution in [-0.4, -0.2) is 48.7 Å². The molecule has 6 heteroatoms. The maximum atomic E-state index is 12.7. The van der Waals surface area contributed by atoms with Crippen molar-refractivity contribution in [1.82, 2.24) is 4.90 Å². The number of aryl methyl sites for hydroxylation is 2. The van der Waals surface area contributed by atoms with E-state index in [4.69, 9.17) is 16.3 Å². The van der Waals surface area contributed by atoms with Gasteiger partial charge in [-0.05, 0) is 97.7 Å². The topological polar surface area (TPSA) is 53.0 Å². The van der Waals surface area contributed by atoms with Crippen LogP contribution in [0.1, 0.15) is 55.2 Å². The molecule has 0 unspecified atom stereocenters. The minimum absolute atomic E-state index is 0.153. The molecule has 2 aliphatic heterocycles. The summed E-state index contributed by atoms with van der Waals surface area (Å²) < 4.78 is 6.47. The molecule has 0 saturated heterocycles. The molecule has 1 amide bonds. The van der Waals surface area contributed by atoms with Crippen molar-refractivity contribution in [2.75, 3.05) is 31.6 Å². The summed E-state index contributed by atoms with van der Waals surface area (Å²) in [6, 6.07) is 12.5. The van der Waals surface area contributed by atoms with Gasteiger partial charge in [0.15, 0.2) is 0 Å². The van der Waals surface area contributed by atoms with Crippen molar-refractivity contribution in [3.63, 3.8) is 0 Å². The standard InChI is InChI=1S/C31H39ClN2O3/c1-33-16-4-3-7-29(35)27-13-11-24(27)20-34-17-5-2-6-23-19-26(32)12-10-25(23)21-37-30-14-8-22(18-28(30)34)9-15-31(33)36/h3,7-8,10,12,14,18-19,24,27,29,35H,2,4-6,9,11,13,15-17,20-21H2,1H3/b7-3+/t24-,27+,29-/m0/s1. The van der Waals surface area contributed by atoms with E-state index in [9.17, 15) is 9.90 Å². The van der Waals surface area contributed by atoms with Crippen LogP contribution in [-0.2, 0) is 24.2 Å². The number of halogens is 1. The highest BCUT2D eigenvalue weighted by atomic mass is 35.5. The highest BCUT2D eigenvalue weighted by Crippen LogP contribution is 2.41. The van der Waals surface area contributed by atoms with Crippen molar-refractivity contribution in [2.24, 2.45) is 11.8 Å². The van der Waals surface area contributed by atoms with Crippen LogP contribution in [0, 0.1) is 11.8 Å². The van der Waals surface area contributed by atoms with E-state index < -0.39 is 6.10 Å². The van der Waals surface area contributed by atoms with E-state index in [-0.39, 0.29) is 11.8 Å². The number of nitrogens with zero attached hydrogens (tertiary/aromatic N) is 2. The van der Waals surface area contributed by atoms with Gasteiger partial charge in [0, 0.05) is 38.1 Å². The van der Waals surface area contributed by atoms with Gasteiger partial charge in [-0.2, -0.15) is 0 Å². The molecule has 1 aliphatic carbocycles. The number of carbonyl (C=O) groups is 1. The van der Waals surface area contributed by atoms with Crippen LogP contribution < -0.4 is 9.64 Å². The lowest BCUT2D eigenvalue weighted by Crippen LogP contribution is -2.43. The first-order valence-electron chi connectivity index (χ1n) is 13.8. The van der Waals surface area contributed by atoms with Gasteiger partial charge in [0.05, 0.1) is 11.8 Å². The highest BCUT2D eigenvalue weighted by molar-refractivity contribution is 6.30. The Kier molecular flexibility index (Phi) is 8.41. The summed E-state index contributed by atoms with van der Waals surface area (Å²) >= 11 is 6.31. The molecular weight excluding hydrogens is 484 g/mol. The van der Waals surface area contributed by atoms with Crippen LogP contribution in [0.4, 0.5) is 5.69 Å². The van der Waals surface area contributed by atoms with Gasteiger partial charge in [-0.1, -0.05) is 35.9 Å². The van der Waals surface area contributed by atoms with Gasteiger partial charge in [0.2, 0.25) is 5.91 Å². The molecule has 2 aromatic carbocycles. The molecule has 0 aromatic heterocycles. The Morgan fingerprint density at radius 3 is 2.73 bits per heavy atom. The van der Waals surface area contributed by atoms with Crippen LogP contribution in [0.3, 0.4) is 0 Å². The Bertz CT molecular complexity index is 1130. The predicted octanol–water partition coefficient (Wildman–Crippen LogP) is 5.80. The molecule has 3 aliphatic rings. The summed E-state index contributed by atoms with van der Waals surface area (Å²) in [5.74, 6) is 1.77. The van der Waals surface area contributed by atoms with E-state index in [1.54, 1.807) is 4.90 Å². The summed E-state index contributed by atoms with van der Waals surface area (Å²) in [7, 11) is 1.87. The number of fused-ring (bicyclic) bond motifs is 3. The molecule has 1 saturated carbocycles. The minimum atomic E-state index is -0.433. The van der Waals surface area contributed by atoms with Gasteiger partial charge in [0.1, 0.15) is 12.4 Å². The van der Waals surface area contributed by atoms with Gasteiger partial charge in [-0.3, -0.25) is 4.79 Å². The minimum Gasteiger partial charge on any atom is -0.487 e. The lowest BCUT2D eigenvalue weighted by atomic mass is 9.70. The number of ether oxygens (including phenoxy) is 1. The molecule has 1 fully saturated rings. The van der Waals surface area contributed by atoms with E-state index in [1.807, 2.05) is 25.3 Å². The Balaban J connectivity index is 1.47. The molecule has 5 nitrogen and oxygen atoms in total. The fourth-order valence-corrected chi connectivity index (χ4v) is 6.10. The molecule has 2 bridgehead atoms. The zero-order chi connectivity index (χ0) is 25.8. The second-order valence-electron chi connectivity index (χ2n) is 10.9. The normalized spacial score (nSPS) is 26.1. The quantitative estimate of drug-likeness (QED) is 0.444. The van der Waals surface area contributed by atoms with Crippen molar-refractivity contribution in [3.8, 4) is 5.75 Å². The van der Waals surface area contributed by atoms with Gasteiger partial charge in [-0.15, -0.1) is 0 Å². The number of hydrogen-bond donors (Lipinski definition) is 1. The highest BCUT2D eigenvalue weighted by Gasteiger charge is 2.36. The number of aliphatic hydroxyl groups excluding tert-OH is 1. The third-order valence-corrected chi connectivity index (χ3v) is 8.66. The van der Waals surface area contributed by atoms with Crippen molar-refractivity contribution < 1.29 is 14.6 Å². The summed E-state index contributed by atoms with van der Waals surface area (Å²) in [6.45, 7) is 3.03. The monoisotopic (exact) mass is 522 g/mol. The van der Waals surface area contributed by atoms with Crippen LogP contribution >= 0.6 is 11.6 Å². The number of benzene rings is 2. The number of aliphatic hydroxyl groups is 1. The molecule has 2 heterocycles. The fourth-order valence-electron chi connectivity index (χ4n) is 5.91. The van der Waals surface area contributed by atoms with Crippen LogP contribution in [0.5, 0.6) is 5.75 Å². The lowest BCUT2D eigenvalue weighted by molar-refractivity contribution is -0.129. The molecule has 2 aromatic rings. The number of rotatable bonds is 0. The second-order valence-corrected chi connectivity index (χ2v) is 11.4. The van der Waals surface area contributed by atoms with Crippen molar-refractivity contribution in [3.05, 3.63) is 70.3 Å². The van der Waals surface area contributed by atoms with E-state index >= 15 is 0 Å². The van der Waals surface area contributed by atoms with Gasteiger partial charge < -0.3 is 19.6 Å². The zero-order valence-electron chi connectivity index (χ0n) is 21.9. The first-order valence-corrected chi connectivity index (χ1v) is 14.2. The SMILES string of the molecule is CN1CC/C=C/[C@H](O)[C@@H]2CC[C@H]2CN2CCCCc3cc(Cl)ccc3COc3ccc(cc32)CCC1=O. The molecule has 3 atom stereocenters. The molecule has 198 valence electrons.